The van der Waals surface area contributed by atoms with E-state index in [9.17, 15) is 0 Å². The molecule has 0 rings (SSSR count). The maximum atomic E-state index is 8.35. The minimum Gasteiger partial charge on any atom is -0.198 e. The van der Waals surface area contributed by atoms with Gasteiger partial charge >= 0.3 is 0 Å². The fourth-order valence-electron chi connectivity index (χ4n) is 0.717. The highest BCUT2D eigenvalue weighted by molar-refractivity contribution is 6.17. The predicted octanol–water partition coefficient (Wildman–Crippen LogP) is 3.09. The van der Waals surface area contributed by atoms with Crippen molar-refractivity contribution in [2.75, 3.05) is 5.88 Å². The lowest BCUT2D eigenvalue weighted by Gasteiger charge is -1.94. The zero-order valence-electron chi connectivity index (χ0n) is 8.07. The summed E-state index contributed by atoms with van der Waals surface area (Å²) in [5.41, 5.74) is 0. The predicted molar refractivity (Wildman–Crippen MR) is 44.0 cm³/mol. The average molecular weight is 162 g/mol. The van der Waals surface area contributed by atoms with Crippen LogP contribution >= 0.6 is 11.6 Å². The first-order valence-corrected chi connectivity index (χ1v) is 4.13. The Balaban J connectivity index is 3.27. The Kier molecular flexibility index (Phi) is 5.70. The van der Waals surface area contributed by atoms with Gasteiger partial charge in [-0.15, -0.1) is 11.6 Å². The molecule has 0 saturated carbocycles. The molecule has 0 amide bonds. The second kappa shape index (κ2) is 8.78. The summed E-state index contributed by atoms with van der Waals surface area (Å²) in [7, 11) is 0. The fraction of sp³-hybridized carbons (Fsp3) is 0.875. The Hall–Kier alpha value is -0.220. The standard InChI is InChI=1S/C8H14ClN/c9-7-5-3-1-2-4-6-8-10/h1-7H2/i6D2. The Morgan fingerprint density at radius 3 is 2.40 bits per heavy atom. The highest BCUT2D eigenvalue weighted by Gasteiger charge is 1.88. The Bertz CT molecular complexity index is 154. The smallest absolute Gasteiger partial charge is 0.0621 e. The van der Waals surface area contributed by atoms with E-state index in [4.69, 9.17) is 19.6 Å². The van der Waals surface area contributed by atoms with Crippen LogP contribution in [0.4, 0.5) is 0 Å². The summed E-state index contributed by atoms with van der Waals surface area (Å²) in [5, 5.41) is 8.35. The second-order valence-corrected chi connectivity index (χ2v) is 2.52. The largest absolute Gasteiger partial charge is 0.198 e. The van der Waals surface area contributed by atoms with E-state index >= 15 is 0 Å². The van der Waals surface area contributed by atoms with Crippen molar-refractivity contribution < 1.29 is 2.74 Å². The highest BCUT2D eigenvalue weighted by Crippen LogP contribution is 2.04. The lowest BCUT2D eigenvalue weighted by molar-refractivity contribution is 0.641. The van der Waals surface area contributed by atoms with Gasteiger partial charge in [-0.2, -0.15) is 5.26 Å². The normalized spacial score (nSPS) is 13.6. The molecular formula is C8H14ClN. The molecule has 10 heavy (non-hydrogen) atoms. The molecule has 1 nitrogen and oxygen atoms in total. The molecule has 0 unspecified atom stereocenters. The SMILES string of the molecule is [2H]C([2H])(C#N)CCCCCCCl. The monoisotopic (exact) mass is 161 g/mol. The minimum absolute atomic E-state index is 0.339. The van der Waals surface area contributed by atoms with Crippen molar-refractivity contribution in [2.45, 2.75) is 38.5 Å². The Labute approximate surface area is 70.8 Å². The number of nitriles is 1. The van der Waals surface area contributed by atoms with Crippen molar-refractivity contribution in [3.05, 3.63) is 0 Å². The van der Waals surface area contributed by atoms with Gasteiger partial charge in [-0.25, -0.2) is 0 Å². The van der Waals surface area contributed by atoms with E-state index in [1.54, 1.807) is 6.07 Å². The van der Waals surface area contributed by atoms with E-state index in [2.05, 4.69) is 0 Å². The quantitative estimate of drug-likeness (QED) is 0.434. The maximum Gasteiger partial charge on any atom is 0.0621 e. The molecule has 58 valence electrons. The number of halogens is 1. The maximum absolute atomic E-state index is 8.35. The zero-order chi connectivity index (χ0) is 9.45. The first kappa shape index (κ1) is 6.49. The third-order valence-electron chi connectivity index (χ3n) is 1.26. The van der Waals surface area contributed by atoms with Gasteiger partial charge in [0.1, 0.15) is 0 Å². The van der Waals surface area contributed by atoms with E-state index in [1.165, 1.54) is 0 Å². The lowest BCUT2D eigenvalue weighted by atomic mass is 10.1. The molecule has 0 spiro atoms. The van der Waals surface area contributed by atoms with Gasteiger partial charge in [0.2, 0.25) is 0 Å². The van der Waals surface area contributed by atoms with Crippen LogP contribution < -0.4 is 0 Å². The van der Waals surface area contributed by atoms with Crippen LogP contribution in [0.3, 0.4) is 0 Å². The van der Waals surface area contributed by atoms with Crippen LogP contribution in [0.25, 0.3) is 0 Å². The summed E-state index contributed by atoms with van der Waals surface area (Å²) in [4.78, 5) is 0. The topological polar surface area (TPSA) is 23.8 Å². The Morgan fingerprint density at radius 1 is 1.20 bits per heavy atom. The van der Waals surface area contributed by atoms with Gasteiger partial charge < -0.3 is 0 Å². The van der Waals surface area contributed by atoms with Crippen LogP contribution in [0.1, 0.15) is 41.2 Å². The summed E-state index contributed by atoms with van der Waals surface area (Å²) in [6.45, 7) is 0. The van der Waals surface area contributed by atoms with Crippen LogP contribution in [-0.4, -0.2) is 5.88 Å². The molecule has 0 aromatic rings. The fourth-order valence-corrected chi connectivity index (χ4v) is 0.906. The number of unbranched alkanes of at least 4 members (excludes halogenated alkanes) is 3. The van der Waals surface area contributed by atoms with E-state index < -0.39 is 6.37 Å². The van der Waals surface area contributed by atoms with Gasteiger partial charge in [-0.3, -0.25) is 0 Å². The molecule has 0 heterocycles. The molecule has 0 aromatic heterocycles. The van der Waals surface area contributed by atoms with Gasteiger partial charge in [0, 0.05) is 15.0 Å². The number of hydrogen-bond acceptors (Lipinski definition) is 1. The molecule has 0 radical (unpaired) electrons. The Morgan fingerprint density at radius 2 is 1.80 bits per heavy atom. The third-order valence-corrected chi connectivity index (χ3v) is 1.53. The van der Waals surface area contributed by atoms with Gasteiger partial charge in [-0.1, -0.05) is 19.3 Å². The number of alkyl halides is 1. The third kappa shape index (κ3) is 7.78. The van der Waals surface area contributed by atoms with E-state index in [1.807, 2.05) is 0 Å². The summed E-state index contributed by atoms with van der Waals surface area (Å²) >= 11 is 5.47. The van der Waals surface area contributed by atoms with Crippen molar-refractivity contribution in [3.63, 3.8) is 0 Å². The van der Waals surface area contributed by atoms with Crippen molar-refractivity contribution >= 4 is 11.6 Å². The summed E-state index contributed by atoms with van der Waals surface area (Å²) in [6.07, 6.45) is 2.46. The minimum atomic E-state index is -1.64. The van der Waals surface area contributed by atoms with Gasteiger partial charge in [0.15, 0.2) is 0 Å². The van der Waals surface area contributed by atoms with Gasteiger partial charge in [-0.05, 0) is 12.8 Å². The molecule has 0 aromatic carbocycles. The van der Waals surface area contributed by atoms with Crippen LogP contribution in [0.2, 0.25) is 0 Å². The molecule has 0 aliphatic rings. The molecule has 0 bridgehead atoms. The summed E-state index contributed by atoms with van der Waals surface area (Å²) < 4.78 is 14.3. The lowest BCUT2D eigenvalue weighted by Crippen LogP contribution is -1.78. The van der Waals surface area contributed by atoms with Crippen molar-refractivity contribution in [2.24, 2.45) is 0 Å². The summed E-state index contributed by atoms with van der Waals surface area (Å²) in [6, 6.07) is 1.64. The molecule has 2 heteroatoms. The second-order valence-electron chi connectivity index (χ2n) is 2.14. The van der Waals surface area contributed by atoms with E-state index in [0.717, 1.165) is 25.7 Å². The van der Waals surface area contributed by atoms with Gasteiger partial charge in [0.25, 0.3) is 0 Å². The molecule has 0 saturated heterocycles. The van der Waals surface area contributed by atoms with Crippen molar-refractivity contribution in [3.8, 4) is 6.07 Å². The van der Waals surface area contributed by atoms with Crippen LogP contribution in [0, 0.1) is 11.3 Å². The van der Waals surface area contributed by atoms with Gasteiger partial charge in [0.05, 0.1) is 6.07 Å². The van der Waals surface area contributed by atoms with Crippen molar-refractivity contribution in [1.82, 2.24) is 0 Å². The molecular weight excluding hydrogens is 146 g/mol. The molecule has 0 fully saturated rings. The summed E-state index contributed by atoms with van der Waals surface area (Å²) in [5.74, 6) is 0.672. The number of nitrogens with zero attached hydrogens (tertiary/aromatic N) is 1. The highest BCUT2D eigenvalue weighted by atomic mass is 35.5. The first-order chi connectivity index (χ1) is 5.62. The van der Waals surface area contributed by atoms with E-state index in [0.29, 0.717) is 12.3 Å². The van der Waals surface area contributed by atoms with Crippen LogP contribution in [0.15, 0.2) is 0 Å². The van der Waals surface area contributed by atoms with Crippen molar-refractivity contribution in [1.29, 1.82) is 5.26 Å². The van der Waals surface area contributed by atoms with Crippen LogP contribution in [-0.2, 0) is 0 Å². The molecule has 0 N–H and O–H groups in total. The first-order valence-electron chi connectivity index (χ1n) is 4.59. The van der Waals surface area contributed by atoms with E-state index in [-0.39, 0.29) is 0 Å². The molecule has 0 atom stereocenters. The zero-order valence-corrected chi connectivity index (χ0v) is 6.82. The number of hydrogen-bond donors (Lipinski definition) is 0. The molecule has 0 aliphatic heterocycles. The molecule has 0 aliphatic carbocycles. The number of rotatable bonds is 6. The van der Waals surface area contributed by atoms with Crippen LogP contribution in [0.5, 0.6) is 0 Å². The average Bonchev–Trinajstić information content (AvgIpc) is 2.04.